The van der Waals surface area contributed by atoms with Gasteiger partial charge in [0.05, 0.1) is 38.5 Å². The number of fused-ring (bicyclic) bond motifs is 1. The second kappa shape index (κ2) is 17.0. The van der Waals surface area contributed by atoms with Crippen molar-refractivity contribution in [2.24, 2.45) is 0 Å². The van der Waals surface area contributed by atoms with Gasteiger partial charge in [-0.15, -0.1) is 0 Å². The molecule has 0 aliphatic carbocycles. The van der Waals surface area contributed by atoms with Crippen LogP contribution in [-0.4, -0.2) is 56.1 Å². The van der Waals surface area contributed by atoms with E-state index < -0.39 is 52.3 Å². The number of hydrogen-bond acceptors (Lipinski definition) is 13. The molecule has 0 spiro atoms. The summed E-state index contributed by atoms with van der Waals surface area (Å²) >= 11 is 0. The first kappa shape index (κ1) is 38.9. The van der Waals surface area contributed by atoms with E-state index in [4.69, 9.17) is 15.2 Å². The summed E-state index contributed by atoms with van der Waals surface area (Å²) in [5, 5.41) is 9.27. The third-order valence-electron chi connectivity index (χ3n) is 3.29. The van der Waals surface area contributed by atoms with E-state index in [1.54, 1.807) is 0 Å². The minimum absolute atomic E-state index is 0. The zero-order valence-electron chi connectivity index (χ0n) is 18.0. The molecule has 0 unspecified atom stereocenters. The number of aromatic nitrogens is 4. The maximum Gasteiger partial charge on any atom is 1.00 e. The molecular weight excluding hydrogens is 516 g/mol. The van der Waals surface area contributed by atoms with Gasteiger partial charge in [0.15, 0.2) is 11.2 Å². The van der Waals surface area contributed by atoms with Crippen molar-refractivity contribution in [3.63, 3.8) is 0 Å². The van der Waals surface area contributed by atoms with Crippen molar-refractivity contribution in [3.8, 4) is 0 Å². The summed E-state index contributed by atoms with van der Waals surface area (Å²) in [6.45, 7) is -1.68. The molecule has 0 aromatic carbocycles. The van der Waals surface area contributed by atoms with Gasteiger partial charge in [0.1, 0.15) is 5.85 Å². The van der Waals surface area contributed by atoms with Gasteiger partial charge in [0.2, 0.25) is 5.95 Å². The van der Waals surface area contributed by atoms with Crippen molar-refractivity contribution in [2.45, 2.75) is 18.5 Å². The van der Waals surface area contributed by atoms with Gasteiger partial charge in [-0.05, 0) is 15.2 Å². The molecular formula is C11H15N5Na4O10P2. The second-order valence-corrected chi connectivity index (χ2v) is 8.76. The maximum absolute atomic E-state index is 11.8. The molecule has 21 heteroatoms. The van der Waals surface area contributed by atoms with Gasteiger partial charge in [0.25, 0.3) is 5.56 Å². The SMILES string of the molecule is Nc1nc2c(ncn2C[C@@H](COCP(=O)([O-])[O-])OC[C@H](O)P(=O)([O-])[O-])c(=O)[nH]1.[Na+].[Na+].[Na+].[Na+]. The molecule has 32 heavy (non-hydrogen) atoms. The van der Waals surface area contributed by atoms with Gasteiger partial charge >= 0.3 is 118 Å². The maximum atomic E-state index is 11.8. The van der Waals surface area contributed by atoms with Crippen LogP contribution in [0, 0.1) is 0 Å². The topological polar surface area (TPSA) is 255 Å². The molecule has 0 saturated carbocycles. The number of rotatable bonds is 10. The van der Waals surface area contributed by atoms with Gasteiger partial charge in [-0.3, -0.25) is 9.78 Å². The Morgan fingerprint density at radius 1 is 1.16 bits per heavy atom. The number of nitrogen functional groups attached to an aromatic ring is 1. The molecule has 0 radical (unpaired) electrons. The molecule has 0 aliphatic heterocycles. The van der Waals surface area contributed by atoms with Crippen molar-refractivity contribution < 1.29 is 162 Å². The Balaban J connectivity index is -0.00000210. The van der Waals surface area contributed by atoms with Gasteiger partial charge in [-0.1, -0.05) is 0 Å². The minimum atomic E-state index is -5.34. The molecule has 2 atom stereocenters. The van der Waals surface area contributed by atoms with Crippen molar-refractivity contribution >= 4 is 32.3 Å². The summed E-state index contributed by atoms with van der Waals surface area (Å²) < 4.78 is 32.5. The van der Waals surface area contributed by atoms with Gasteiger partial charge in [-0.2, -0.15) is 4.98 Å². The number of nitrogens with zero attached hydrogens (tertiary/aromatic N) is 3. The van der Waals surface area contributed by atoms with Crippen molar-refractivity contribution in [1.82, 2.24) is 19.5 Å². The van der Waals surface area contributed by atoms with E-state index in [1.165, 1.54) is 10.9 Å². The largest absolute Gasteiger partial charge is 1.00 e. The number of aliphatic hydroxyl groups is 1. The summed E-state index contributed by atoms with van der Waals surface area (Å²) in [5.41, 5.74) is 4.80. The molecule has 2 aromatic rings. The number of aromatic amines is 1. The summed E-state index contributed by atoms with van der Waals surface area (Å²) in [5.74, 6) is -2.56. The Kier molecular flexibility index (Phi) is 20.6. The van der Waals surface area contributed by atoms with Crippen molar-refractivity contribution in [2.75, 3.05) is 25.3 Å². The molecule has 0 aliphatic rings. The van der Waals surface area contributed by atoms with Crippen molar-refractivity contribution in [1.29, 1.82) is 0 Å². The quantitative estimate of drug-likeness (QED) is 0.190. The average Bonchev–Trinajstić information content (AvgIpc) is 2.93. The Labute approximate surface area is 270 Å². The third-order valence-corrected chi connectivity index (χ3v) is 4.67. The third kappa shape index (κ3) is 13.0. The summed E-state index contributed by atoms with van der Waals surface area (Å²) in [6, 6.07) is 0. The number of nitrogens with one attached hydrogen (secondary N) is 1. The number of nitrogens with two attached hydrogens (primary N) is 1. The number of aliphatic hydroxyl groups excluding tert-OH is 1. The van der Waals surface area contributed by atoms with Crippen LogP contribution in [0.15, 0.2) is 11.1 Å². The molecule has 2 rings (SSSR count). The van der Waals surface area contributed by atoms with E-state index in [2.05, 4.69) is 15.0 Å². The first-order valence-electron chi connectivity index (χ1n) is 7.47. The molecule has 0 saturated heterocycles. The zero-order valence-corrected chi connectivity index (χ0v) is 27.8. The van der Waals surface area contributed by atoms with Crippen LogP contribution < -0.4 is 149 Å². The smallest absolute Gasteiger partial charge is 0.809 e. The van der Waals surface area contributed by atoms with Crippen LogP contribution in [0.25, 0.3) is 11.2 Å². The van der Waals surface area contributed by atoms with Crippen LogP contribution >= 0.6 is 15.2 Å². The summed E-state index contributed by atoms with van der Waals surface area (Å²) in [6.07, 6.45) is -1.13. The number of hydrogen-bond donors (Lipinski definition) is 3. The number of anilines is 1. The Morgan fingerprint density at radius 3 is 2.28 bits per heavy atom. The van der Waals surface area contributed by atoms with Gasteiger partial charge in [-0.25, -0.2) is 4.98 Å². The normalized spacial score (nSPS) is 13.2. The average molecular weight is 531 g/mol. The number of H-pyrrole nitrogens is 1. The minimum Gasteiger partial charge on any atom is -0.809 e. The van der Waals surface area contributed by atoms with Crippen LogP contribution in [0.5, 0.6) is 0 Å². The summed E-state index contributed by atoms with van der Waals surface area (Å²) in [7, 11) is -10.3. The fourth-order valence-electron chi connectivity index (χ4n) is 2.09. The Hall–Kier alpha value is 2.33. The molecule has 0 fully saturated rings. The van der Waals surface area contributed by atoms with Crippen molar-refractivity contribution in [3.05, 3.63) is 16.7 Å². The molecule has 4 N–H and O–H groups in total. The molecule has 0 bridgehead atoms. The predicted octanol–water partition coefficient (Wildman–Crippen LogP) is -16.8. The molecule has 2 aromatic heterocycles. The van der Waals surface area contributed by atoms with E-state index in [9.17, 15) is 38.6 Å². The van der Waals surface area contributed by atoms with Crippen LogP contribution in [0.2, 0.25) is 0 Å². The summed E-state index contributed by atoms with van der Waals surface area (Å²) in [4.78, 5) is 64.6. The van der Waals surface area contributed by atoms with Gasteiger partial charge in [0, 0.05) is 0 Å². The van der Waals surface area contributed by atoms with Gasteiger partial charge < -0.3 is 53.6 Å². The Morgan fingerprint density at radius 2 is 1.75 bits per heavy atom. The van der Waals surface area contributed by atoms with E-state index >= 15 is 0 Å². The zero-order chi connectivity index (χ0) is 21.1. The molecule has 158 valence electrons. The number of ether oxygens (including phenoxy) is 2. The van der Waals surface area contributed by atoms with Crippen LogP contribution in [0.3, 0.4) is 0 Å². The monoisotopic (exact) mass is 531 g/mol. The van der Waals surface area contributed by atoms with Crippen LogP contribution in [-0.2, 0) is 25.1 Å². The second-order valence-electron chi connectivity index (χ2n) is 5.61. The molecule has 2 heterocycles. The standard InChI is InChI=1S/C11H19N5O10P2.4Na/c12-11-14-9-8(10(18)15-11)13-4-16(9)1-6(2-25-5-27(19,20)21)26-3-7(17)28(22,23)24;;;;/h4,6-7,17H,1-3,5H2,(H2,19,20,21)(H2,22,23,24)(H3,12,14,15,18);;;;/q;4*+1/p-4/t6-,7+;;;;/m0..../s1. The Bertz CT molecular complexity index is 982. The fraction of sp³-hybridized carbons (Fsp3) is 0.545. The van der Waals surface area contributed by atoms with Crippen LogP contribution in [0.4, 0.5) is 5.95 Å². The first-order chi connectivity index (χ1) is 12.9. The predicted molar refractivity (Wildman–Crippen MR) is 84.3 cm³/mol. The van der Waals surface area contributed by atoms with Crippen LogP contribution in [0.1, 0.15) is 0 Å². The first-order valence-corrected chi connectivity index (χ1v) is 10.8. The van der Waals surface area contributed by atoms with E-state index in [0.29, 0.717) is 0 Å². The van der Waals surface area contributed by atoms with E-state index in [-0.39, 0.29) is 142 Å². The van der Waals surface area contributed by atoms with E-state index in [0.717, 1.165) is 0 Å². The van der Waals surface area contributed by atoms with E-state index in [1.807, 2.05) is 0 Å². The molecule has 15 nitrogen and oxygen atoms in total. The number of imidazole rings is 1. The molecule has 0 amide bonds. The fourth-order valence-corrected chi connectivity index (χ4v) is 2.68.